The van der Waals surface area contributed by atoms with Gasteiger partial charge >= 0.3 is 5.97 Å². The fourth-order valence-corrected chi connectivity index (χ4v) is 4.70. The summed E-state index contributed by atoms with van der Waals surface area (Å²) in [5.41, 5.74) is 1.85. The van der Waals surface area contributed by atoms with Crippen molar-refractivity contribution in [2.24, 2.45) is 0 Å². The Morgan fingerprint density at radius 2 is 1.72 bits per heavy atom. The maximum atomic E-state index is 14.3. The monoisotopic (exact) mass is 549 g/mol. The Morgan fingerprint density at radius 3 is 2.36 bits per heavy atom. The average molecular weight is 550 g/mol. The van der Waals surface area contributed by atoms with Gasteiger partial charge in [-0.15, -0.1) is 0 Å². The first kappa shape index (κ1) is 27.7. The second kappa shape index (κ2) is 12.5. The molecule has 0 unspecified atom stereocenters. The molecule has 8 nitrogen and oxygen atoms in total. The third-order valence-corrected chi connectivity index (χ3v) is 6.70. The summed E-state index contributed by atoms with van der Waals surface area (Å²) in [6.07, 6.45) is 0.118. The van der Waals surface area contributed by atoms with Gasteiger partial charge in [-0.25, -0.2) is 9.18 Å². The van der Waals surface area contributed by atoms with Gasteiger partial charge in [-0.05, 0) is 85.7 Å². The maximum Gasteiger partial charge on any atom is 0.338 e. The van der Waals surface area contributed by atoms with E-state index in [1.807, 2.05) is 0 Å². The van der Waals surface area contributed by atoms with Gasteiger partial charge in [0.1, 0.15) is 17.6 Å². The average Bonchev–Trinajstić information content (AvgIpc) is 3.16. The van der Waals surface area contributed by atoms with Gasteiger partial charge in [0.05, 0.1) is 31.4 Å². The Balaban J connectivity index is 1.52. The number of benzene rings is 3. The van der Waals surface area contributed by atoms with Crippen molar-refractivity contribution < 1.29 is 28.2 Å². The molecular weight excluding hydrogens is 521 g/mol. The summed E-state index contributed by atoms with van der Waals surface area (Å²) in [7, 11) is 1.55. The minimum atomic E-state index is -0.884. The number of carbonyl (C=O) groups is 3. The predicted octanol–water partition coefficient (Wildman–Crippen LogP) is 4.58. The van der Waals surface area contributed by atoms with E-state index in [1.54, 1.807) is 85.7 Å². The molecule has 1 saturated heterocycles. The standard InChI is InChI=1S/C29H28FN3O5S/c1-3-38-28(36)20-8-10-21(11-9-20)31-26(34)18-25-27(35)33(22-12-14-23(37-2)15-13-22)29(39)32(25)17-16-19-6-4-5-7-24(19)30/h4-15,25H,3,16-18H2,1-2H3,(H,31,34)/t25-/m0/s1. The van der Waals surface area contributed by atoms with Crippen molar-refractivity contribution >= 4 is 46.5 Å². The van der Waals surface area contributed by atoms with E-state index in [0.717, 1.165) is 0 Å². The van der Waals surface area contributed by atoms with Crippen molar-refractivity contribution in [2.75, 3.05) is 30.5 Å². The van der Waals surface area contributed by atoms with E-state index in [-0.39, 0.29) is 36.4 Å². The second-order valence-electron chi connectivity index (χ2n) is 8.75. The lowest BCUT2D eigenvalue weighted by Crippen LogP contribution is -2.39. The first-order valence-corrected chi connectivity index (χ1v) is 12.8. The number of nitrogens with zero attached hydrogens (tertiary/aromatic N) is 2. The maximum absolute atomic E-state index is 14.3. The van der Waals surface area contributed by atoms with Gasteiger partial charge in [-0.3, -0.25) is 14.5 Å². The molecule has 1 aliphatic heterocycles. The van der Waals surface area contributed by atoms with Crippen LogP contribution in [0.3, 0.4) is 0 Å². The van der Waals surface area contributed by atoms with Crippen LogP contribution in [0.25, 0.3) is 0 Å². The van der Waals surface area contributed by atoms with E-state index in [0.29, 0.717) is 34.7 Å². The van der Waals surface area contributed by atoms with Crippen LogP contribution >= 0.6 is 12.2 Å². The minimum Gasteiger partial charge on any atom is -0.497 e. The molecule has 10 heteroatoms. The number of amides is 2. The van der Waals surface area contributed by atoms with E-state index in [4.69, 9.17) is 21.7 Å². The molecule has 1 aliphatic rings. The van der Waals surface area contributed by atoms with Gasteiger partial charge in [0, 0.05) is 12.2 Å². The summed E-state index contributed by atoms with van der Waals surface area (Å²) in [5.74, 6) is -0.942. The lowest BCUT2D eigenvalue weighted by molar-refractivity contribution is -0.124. The van der Waals surface area contributed by atoms with Gasteiger partial charge in [0.2, 0.25) is 5.91 Å². The van der Waals surface area contributed by atoms with Crippen LogP contribution in [0.15, 0.2) is 72.8 Å². The largest absolute Gasteiger partial charge is 0.497 e. The highest BCUT2D eigenvalue weighted by Crippen LogP contribution is 2.29. The number of hydrogen-bond acceptors (Lipinski definition) is 6. The van der Waals surface area contributed by atoms with E-state index >= 15 is 0 Å². The van der Waals surface area contributed by atoms with Crippen molar-refractivity contribution in [1.29, 1.82) is 0 Å². The summed E-state index contributed by atoms with van der Waals surface area (Å²) in [5, 5.41) is 3.00. The number of ether oxygens (including phenoxy) is 2. The molecule has 0 radical (unpaired) electrons. The zero-order valence-corrected chi connectivity index (χ0v) is 22.4. The van der Waals surface area contributed by atoms with Gasteiger partial charge in [0.25, 0.3) is 5.91 Å². The van der Waals surface area contributed by atoms with Gasteiger partial charge in [-0.1, -0.05) is 18.2 Å². The molecule has 1 atom stereocenters. The molecule has 2 amide bonds. The second-order valence-corrected chi connectivity index (χ2v) is 9.12. The molecule has 3 aromatic rings. The molecule has 3 aromatic carbocycles. The van der Waals surface area contributed by atoms with Gasteiger partial charge in [0.15, 0.2) is 5.11 Å². The van der Waals surface area contributed by atoms with Crippen molar-refractivity contribution in [3.63, 3.8) is 0 Å². The molecule has 0 bridgehead atoms. The van der Waals surface area contributed by atoms with Crippen LogP contribution in [0, 0.1) is 5.82 Å². The number of methoxy groups -OCH3 is 1. The first-order chi connectivity index (χ1) is 18.8. The summed E-state index contributed by atoms with van der Waals surface area (Å²) >= 11 is 5.68. The highest BCUT2D eigenvalue weighted by molar-refractivity contribution is 7.80. The predicted molar refractivity (Wildman–Crippen MR) is 149 cm³/mol. The van der Waals surface area contributed by atoms with Gasteiger partial charge in [-0.2, -0.15) is 0 Å². The summed E-state index contributed by atoms with van der Waals surface area (Å²) in [6.45, 7) is 2.22. The quantitative estimate of drug-likeness (QED) is 0.293. The van der Waals surface area contributed by atoms with Crippen LogP contribution in [0.5, 0.6) is 5.75 Å². The van der Waals surface area contributed by atoms with E-state index < -0.39 is 17.9 Å². The first-order valence-electron chi connectivity index (χ1n) is 12.4. The molecule has 1 N–H and O–H groups in total. The summed E-state index contributed by atoms with van der Waals surface area (Å²) in [4.78, 5) is 41.5. The fraction of sp³-hybridized carbons (Fsp3) is 0.241. The summed E-state index contributed by atoms with van der Waals surface area (Å²) in [6, 6.07) is 18.7. The van der Waals surface area contributed by atoms with Crippen LogP contribution in [0.2, 0.25) is 0 Å². The number of halogens is 1. The van der Waals surface area contributed by atoms with Crippen LogP contribution < -0.4 is 15.0 Å². The number of nitrogens with one attached hydrogen (secondary N) is 1. The molecule has 4 rings (SSSR count). The Morgan fingerprint density at radius 1 is 1.03 bits per heavy atom. The van der Waals surface area contributed by atoms with E-state index in [1.165, 1.54) is 11.0 Å². The molecule has 0 aliphatic carbocycles. The Kier molecular flexibility index (Phi) is 8.88. The van der Waals surface area contributed by atoms with Crippen molar-refractivity contribution in [1.82, 2.24) is 4.90 Å². The van der Waals surface area contributed by atoms with Crippen LogP contribution in [-0.4, -0.2) is 54.1 Å². The Bertz CT molecular complexity index is 1360. The van der Waals surface area contributed by atoms with Crippen LogP contribution in [0.1, 0.15) is 29.3 Å². The fourth-order valence-electron chi connectivity index (χ4n) is 4.29. The van der Waals surface area contributed by atoms with E-state index in [2.05, 4.69) is 5.32 Å². The SMILES string of the molecule is CCOC(=O)c1ccc(NC(=O)C[C@H]2C(=O)N(c3ccc(OC)cc3)C(=S)N2CCc2ccccc2F)cc1. The Hall–Kier alpha value is -4.31. The normalized spacial score (nSPS) is 14.9. The third kappa shape index (κ3) is 6.40. The number of carbonyl (C=O) groups excluding carboxylic acids is 3. The molecule has 0 saturated carbocycles. The lowest BCUT2D eigenvalue weighted by Gasteiger charge is -2.24. The van der Waals surface area contributed by atoms with Gasteiger partial charge < -0.3 is 19.7 Å². The number of hydrogen-bond donors (Lipinski definition) is 1. The van der Waals surface area contributed by atoms with Crippen molar-refractivity contribution in [3.05, 3.63) is 89.7 Å². The van der Waals surface area contributed by atoms with Crippen molar-refractivity contribution in [2.45, 2.75) is 25.8 Å². The number of rotatable bonds is 10. The Labute approximate surface area is 231 Å². The minimum absolute atomic E-state index is 0.178. The van der Waals surface area contributed by atoms with Crippen LogP contribution in [-0.2, 0) is 20.7 Å². The van der Waals surface area contributed by atoms with Crippen molar-refractivity contribution in [3.8, 4) is 5.75 Å². The molecule has 0 aromatic heterocycles. The third-order valence-electron chi connectivity index (χ3n) is 6.29. The zero-order chi connectivity index (χ0) is 27.9. The number of thiocarbonyl (C=S) groups is 1. The highest BCUT2D eigenvalue weighted by Gasteiger charge is 2.44. The number of anilines is 2. The van der Waals surface area contributed by atoms with Crippen LogP contribution in [0.4, 0.5) is 15.8 Å². The smallest absolute Gasteiger partial charge is 0.338 e. The topological polar surface area (TPSA) is 88.2 Å². The molecular formula is C29H28FN3O5S. The molecule has 1 fully saturated rings. The number of esters is 1. The molecule has 1 heterocycles. The van der Waals surface area contributed by atoms with E-state index in [9.17, 15) is 18.8 Å². The summed E-state index contributed by atoms with van der Waals surface area (Å²) < 4.78 is 24.5. The molecule has 39 heavy (non-hydrogen) atoms. The lowest BCUT2D eigenvalue weighted by atomic mass is 10.1. The molecule has 202 valence electrons. The highest BCUT2D eigenvalue weighted by atomic mass is 32.1. The zero-order valence-electron chi connectivity index (χ0n) is 21.6. The molecule has 0 spiro atoms.